The lowest BCUT2D eigenvalue weighted by atomic mass is 10.0. The van der Waals surface area contributed by atoms with Crippen LogP contribution in [0.2, 0.25) is 10.0 Å². The van der Waals surface area contributed by atoms with Gasteiger partial charge in [0.2, 0.25) is 0 Å². The highest BCUT2D eigenvalue weighted by Crippen LogP contribution is 2.42. The normalized spacial score (nSPS) is 15.4. The fourth-order valence-electron chi connectivity index (χ4n) is 4.34. The van der Waals surface area contributed by atoms with E-state index in [1.54, 1.807) is 13.0 Å². The van der Waals surface area contributed by atoms with Crippen molar-refractivity contribution >= 4 is 56.5 Å². The van der Waals surface area contributed by atoms with Crippen molar-refractivity contribution in [3.8, 4) is 11.5 Å². The van der Waals surface area contributed by atoms with E-state index in [2.05, 4.69) is 9.47 Å². The molecule has 0 fully saturated rings. The molecule has 0 N–H and O–H groups in total. The van der Waals surface area contributed by atoms with E-state index in [-0.39, 0.29) is 57.1 Å². The number of esters is 1. The zero-order chi connectivity index (χ0) is 29.9. The predicted octanol–water partition coefficient (Wildman–Crippen LogP) is 7.20. The molecule has 3 aromatic rings. The molecule has 0 unspecified atom stereocenters. The number of carbonyl (C=O) groups excluding carboxylic acids is 1. The second kappa shape index (κ2) is 12.6. The van der Waals surface area contributed by atoms with Crippen molar-refractivity contribution in [3.63, 3.8) is 0 Å². The molecular formula is C28H24Cl2F3NO6S. The van der Waals surface area contributed by atoms with Crippen LogP contribution in [-0.4, -0.2) is 40.8 Å². The zero-order valence-electron chi connectivity index (χ0n) is 21.7. The lowest BCUT2D eigenvalue weighted by Gasteiger charge is -2.36. The molecular weight excluding hydrogens is 606 g/mol. The summed E-state index contributed by atoms with van der Waals surface area (Å²) in [5.74, 6) is -1.29. The second-order valence-electron chi connectivity index (χ2n) is 9.01. The lowest BCUT2D eigenvalue weighted by molar-refractivity contribution is -0.141. The van der Waals surface area contributed by atoms with Gasteiger partial charge in [0.25, 0.3) is 10.0 Å². The summed E-state index contributed by atoms with van der Waals surface area (Å²) in [7, 11) is -3.14. The van der Waals surface area contributed by atoms with Crippen LogP contribution in [0, 0.1) is 5.82 Å². The van der Waals surface area contributed by atoms with E-state index in [1.807, 2.05) is 0 Å². The Hall–Kier alpha value is -3.41. The number of ether oxygens (including phenoxy) is 3. The van der Waals surface area contributed by atoms with Gasteiger partial charge in [0.05, 0.1) is 34.3 Å². The topological polar surface area (TPSA) is 82.1 Å². The van der Waals surface area contributed by atoms with E-state index in [4.69, 9.17) is 27.9 Å². The van der Waals surface area contributed by atoms with Gasteiger partial charge in [-0.1, -0.05) is 35.3 Å². The molecule has 218 valence electrons. The lowest BCUT2D eigenvalue weighted by Crippen LogP contribution is -2.43. The molecule has 1 aliphatic heterocycles. The summed E-state index contributed by atoms with van der Waals surface area (Å²) in [6, 6.07) is 11.9. The summed E-state index contributed by atoms with van der Waals surface area (Å²) in [6.07, 6.45) is 0.863. The number of hydrogen-bond donors (Lipinski definition) is 0. The van der Waals surface area contributed by atoms with E-state index >= 15 is 0 Å². The third-order valence-corrected chi connectivity index (χ3v) is 8.67. The number of nitrogens with zero attached hydrogens (tertiary/aromatic N) is 1. The Balaban J connectivity index is 1.81. The summed E-state index contributed by atoms with van der Waals surface area (Å²) in [5, 5.41) is 0.355. The van der Waals surface area contributed by atoms with Crippen LogP contribution in [0.4, 0.5) is 18.9 Å². The van der Waals surface area contributed by atoms with E-state index in [0.29, 0.717) is 11.1 Å². The molecule has 1 atom stereocenters. The van der Waals surface area contributed by atoms with Crippen LogP contribution in [0.3, 0.4) is 0 Å². The van der Waals surface area contributed by atoms with Gasteiger partial charge >= 0.3 is 12.6 Å². The fourth-order valence-corrected chi connectivity index (χ4v) is 6.39. The minimum atomic E-state index is -4.37. The molecule has 13 heteroatoms. The third-order valence-electron chi connectivity index (χ3n) is 6.26. The Labute approximate surface area is 245 Å². The van der Waals surface area contributed by atoms with Gasteiger partial charge in [0.15, 0.2) is 0 Å². The summed E-state index contributed by atoms with van der Waals surface area (Å²) >= 11 is 12.7. The van der Waals surface area contributed by atoms with Crippen LogP contribution in [-0.2, 0) is 19.6 Å². The molecule has 4 rings (SSSR count). The first kappa shape index (κ1) is 30.5. The average Bonchev–Trinajstić information content (AvgIpc) is 2.91. The third kappa shape index (κ3) is 6.91. The maximum absolute atomic E-state index is 14.5. The molecule has 0 saturated carbocycles. The van der Waals surface area contributed by atoms with E-state index in [1.165, 1.54) is 55.6 Å². The van der Waals surface area contributed by atoms with Gasteiger partial charge < -0.3 is 14.2 Å². The molecule has 0 radical (unpaired) electrons. The Kier molecular flexibility index (Phi) is 9.41. The highest BCUT2D eigenvalue weighted by atomic mass is 35.5. The van der Waals surface area contributed by atoms with Gasteiger partial charge in [-0.25, -0.2) is 12.8 Å². The highest BCUT2D eigenvalue weighted by Gasteiger charge is 2.36. The second-order valence-corrected chi connectivity index (χ2v) is 11.7. The van der Waals surface area contributed by atoms with Gasteiger partial charge in [0, 0.05) is 24.1 Å². The summed E-state index contributed by atoms with van der Waals surface area (Å²) in [6.45, 7) is -1.74. The van der Waals surface area contributed by atoms with Crippen molar-refractivity contribution < 1.29 is 40.6 Å². The number of alkyl halides is 2. The number of hydrogen-bond acceptors (Lipinski definition) is 6. The Morgan fingerprint density at radius 1 is 1.15 bits per heavy atom. The fraction of sp³-hybridized carbons (Fsp3) is 0.250. The SMILES string of the molecule is COC(=O)CC[C@H]1CN(S(=O)(=O)c2cccc(OC(F)F)c2)c2cc(/C=C(\C)c3c(F)cccc3Cl)c(Cl)cc2O1. The van der Waals surface area contributed by atoms with Crippen molar-refractivity contribution in [2.75, 3.05) is 18.0 Å². The monoisotopic (exact) mass is 629 g/mol. The van der Waals surface area contributed by atoms with E-state index < -0.39 is 34.5 Å². The number of carbonyl (C=O) groups is 1. The number of fused-ring (bicyclic) bond motifs is 1. The molecule has 0 spiro atoms. The highest BCUT2D eigenvalue weighted by molar-refractivity contribution is 7.92. The van der Waals surface area contributed by atoms with E-state index in [0.717, 1.165) is 10.4 Å². The standard InChI is InChI=1S/C28H24Cl2F3NO6S/c1-16(27-21(29)7-4-8-23(27)31)11-17-12-24-25(14-22(17)30)39-19(9-10-26(35)38-2)15-34(24)41(36,37)20-6-3-5-18(13-20)40-28(32)33/h3-8,11-14,19,28H,9-10,15H2,1-2H3/b16-11+/t19-/m0/s1. The maximum atomic E-state index is 14.5. The molecule has 0 aliphatic carbocycles. The molecule has 0 saturated heterocycles. The van der Waals surface area contributed by atoms with Crippen LogP contribution in [0.15, 0.2) is 59.5 Å². The van der Waals surface area contributed by atoms with Crippen molar-refractivity contribution in [3.05, 3.63) is 81.6 Å². The smallest absolute Gasteiger partial charge is 0.387 e. The number of halogens is 5. The van der Waals surface area contributed by atoms with Crippen LogP contribution in [0.5, 0.6) is 11.5 Å². The molecule has 0 amide bonds. The Morgan fingerprint density at radius 2 is 1.88 bits per heavy atom. The quantitative estimate of drug-likeness (QED) is 0.184. The maximum Gasteiger partial charge on any atom is 0.387 e. The van der Waals surface area contributed by atoms with Gasteiger partial charge in [-0.15, -0.1) is 0 Å². The number of allylic oxidation sites excluding steroid dienone is 1. The Bertz CT molecular complexity index is 1580. The molecule has 0 bridgehead atoms. The number of sulfonamides is 1. The molecule has 0 aromatic heterocycles. The molecule has 41 heavy (non-hydrogen) atoms. The molecule has 1 aliphatic rings. The summed E-state index contributed by atoms with van der Waals surface area (Å²) in [4.78, 5) is 11.4. The molecule has 1 heterocycles. The van der Waals surface area contributed by atoms with Crippen molar-refractivity contribution in [2.45, 2.75) is 37.4 Å². The predicted molar refractivity (Wildman–Crippen MR) is 150 cm³/mol. The minimum absolute atomic E-state index is 0.0424. The van der Waals surface area contributed by atoms with E-state index in [9.17, 15) is 26.4 Å². The van der Waals surface area contributed by atoms with Gasteiger partial charge in [0.1, 0.15) is 23.4 Å². The molecule has 3 aromatic carbocycles. The number of benzene rings is 3. The summed E-state index contributed by atoms with van der Waals surface area (Å²) < 4.78 is 84.0. The van der Waals surface area contributed by atoms with Crippen molar-refractivity contribution in [2.24, 2.45) is 0 Å². The average molecular weight is 630 g/mol. The van der Waals surface area contributed by atoms with Crippen LogP contribution < -0.4 is 13.8 Å². The summed E-state index contributed by atoms with van der Waals surface area (Å²) in [5.41, 5.74) is 1.02. The number of anilines is 1. The zero-order valence-corrected chi connectivity index (χ0v) is 24.1. The van der Waals surface area contributed by atoms with Gasteiger partial charge in [-0.05, 0) is 60.9 Å². The molecule has 7 nitrogen and oxygen atoms in total. The van der Waals surface area contributed by atoms with Crippen molar-refractivity contribution in [1.82, 2.24) is 0 Å². The first-order chi connectivity index (χ1) is 19.4. The Morgan fingerprint density at radius 3 is 2.56 bits per heavy atom. The van der Waals surface area contributed by atoms with Crippen molar-refractivity contribution in [1.29, 1.82) is 0 Å². The first-order valence-corrected chi connectivity index (χ1v) is 14.4. The number of methoxy groups -OCH3 is 1. The minimum Gasteiger partial charge on any atom is -0.486 e. The van der Waals surface area contributed by atoms with Gasteiger partial charge in [-0.2, -0.15) is 8.78 Å². The van der Waals surface area contributed by atoms with Crippen LogP contribution >= 0.6 is 23.2 Å². The first-order valence-electron chi connectivity index (χ1n) is 12.2. The van der Waals surface area contributed by atoms with Crippen LogP contribution in [0.25, 0.3) is 11.6 Å². The van der Waals surface area contributed by atoms with Gasteiger partial charge in [-0.3, -0.25) is 9.10 Å². The number of rotatable bonds is 9. The van der Waals surface area contributed by atoms with Crippen LogP contribution in [0.1, 0.15) is 30.9 Å². The largest absolute Gasteiger partial charge is 0.486 e.